The Kier molecular flexibility index (Phi) is 3.40. The van der Waals surface area contributed by atoms with Gasteiger partial charge in [0.25, 0.3) is 0 Å². The number of carbonyl (C=O) groups is 1. The fraction of sp³-hybridized carbons (Fsp3) is 0.267. The number of hydrogen-bond donors (Lipinski definition) is 1. The number of allylic oxidation sites excluding steroid dienone is 2. The summed E-state index contributed by atoms with van der Waals surface area (Å²) in [4.78, 5) is 13.0. The van der Waals surface area contributed by atoms with Gasteiger partial charge in [0.05, 0.1) is 11.7 Å². The van der Waals surface area contributed by atoms with Crippen molar-refractivity contribution in [2.75, 3.05) is 7.11 Å². The van der Waals surface area contributed by atoms with Gasteiger partial charge in [0, 0.05) is 30.4 Å². The molecule has 1 aromatic carbocycles. The molecular weight excluding hydrogens is 279 g/mol. The first-order valence-electron chi connectivity index (χ1n) is 6.24. The molecule has 1 unspecified atom stereocenters. The molecule has 1 aliphatic carbocycles. The van der Waals surface area contributed by atoms with Crippen LogP contribution in [0.15, 0.2) is 40.5 Å². The van der Waals surface area contributed by atoms with Crippen LogP contribution in [0.25, 0.3) is 0 Å². The second-order valence-corrected chi connectivity index (χ2v) is 5.30. The number of ether oxygens (including phenoxy) is 2. The largest absolute Gasteiger partial charge is 0.461 e. The number of Topliss-reactive ketones (excluding diaryl/α,β-unsaturated/α-hetero) is 1. The second kappa shape index (κ2) is 5.07. The summed E-state index contributed by atoms with van der Waals surface area (Å²) in [6.45, 7) is 0. The predicted molar refractivity (Wildman–Crippen MR) is 75.2 cm³/mol. The summed E-state index contributed by atoms with van der Waals surface area (Å²) < 4.78 is 24.4. The number of thiol groups is 1. The lowest BCUT2D eigenvalue weighted by molar-refractivity contribution is -0.114. The highest BCUT2D eigenvalue weighted by molar-refractivity contribution is 7.84. The number of ketones is 1. The van der Waals surface area contributed by atoms with E-state index in [-0.39, 0.29) is 24.1 Å². The van der Waals surface area contributed by atoms with Gasteiger partial charge in [-0.15, -0.1) is 12.6 Å². The summed E-state index contributed by atoms with van der Waals surface area (Å²) in [5, 5.41) is 0. The monoisotopic (exact) mass is 292 g/mol. The maximum atomic E-state index is 13.3. The van der Waals surface area contributed by atoms with E-state index in [1.54, 1.807) is 19.3 Å². The van der Waals surface area contributed by atoms with Gasteiger partial charge in [0.2, 0.25) is 0 Å². The third kappa shape index (κ3) is 2.27. The molecule has 3 rings (SSSR count). The van der Waals surface area contributed by atoms with Gasteiger partial charge >= 0.3 is 0 Å². The van der Waals surface area contributed by atoms with Crippen molar-refractivity contribution in [3.05, 3.63) is 51.9 Å². The van der Waals surface area contributed by atoms with Crippen LogP contribution >= 0.6 is 12.6 Å². The summed E-state index contributed by atoms with van der Waals surface area (Å²) in [6, 6.07) is 4.21. The number of rotatable bonds is 1. The molecule has 0 amide bonds. The minimum Gasteiger partial charge on any atom is -0.461 e. The standard InChI is InChI=1S/C15H13FO3S/c1-18-14-7-13-10(6-15(14)20)11(17)5-8-4-9(16)2-3-12(8)19-13/h2-4,6,14,20H,5,7H2,1H3. The Labute approximate surface area is 121 Å². The van der Waals surface area contributed by atoms with Gasteiger partial charge in [-0.25, -0.2) is 4.39 Å². The van der Waals surface area contributed by atoms with Crippen molar-refractivity contribution in [3.8, 4) is 5.75 Å². The zero-order valence-electron chi connectivity index (χ0n) is 10.9. The van der Waals surface area contributed by atoms with E-state index in [9.17, 15) is 9.18 Å². The Morgan fingerprint density at radius 2 is 2.25 bits per heavy atom. The van der Waals surface area contributed by atoms with Crippen molar-refractivity contribution in [1.82, 2.24) is 0 Å². The highest BCUT2D eigenvalue weighted by atomic mass is 32.1. The number of hydrogen-bond acceptors (Lipinski definition) is 4. The summed E-state index contributed by atoms with van der Waals surface area (Å²) in [5.74, 6) is 0.617. The number of benzene rings is 1. The van der Waals surface area contributed by atoms with Crippen molar-refractivity contribution in [2.24, 2.45) is 0 Å². The maximum absolute atomic E-state index is 13.3. The van der Waals surface area contributed by atoms with Crippen molar-refractivity contribution in [3.63, 3.8) is 0 Å². The first-order valence-corrected chi connectivity index (χ1v) is 6.69. The van der Waals surface area contributed by atoms with Gasteiger partial charge in [-0.3, -0.25) is 4.79 Å². The number of halogens is 1. The summed E-state index contributed by atoms with van der Waals surface area (Å²) in [7, 11) is 1.59. The fourth-order valence-corrected chi connectivity index (χ4v) is 2.75. The predicted octanol–water partition coefficient (Wildman–Crippen LogP) is 2.82. The first kappa shape index (κ1) is 13.4. The fourth-order valence-electron chi connectivity index (χ4n) is 2.43. The van der Waals surface area contributed by atoms with E-state index in [1.807, 2.05) is 0 Å². The van der Waals surface area contributed by atoms with Crippen LogP contribution in [0.2, 0.25) is 0 Å². The molecule has 20 heavy (non-hydrogen) atoms. The molecule has 0 saturated carbocycles. The van der Waals surface area contributed by atoms with Gasteiger partial charge < -0.3 is 9.47 Å². The first-order chi connectivity index (χ1) is 9.58. The molecule has 2 aliphatic rings. The highest BCUT2D eigenvalue weighted by Crippen LogP contribution is 2.35. The van der Waals surface area contributed by atoms with Crippen LogP contribution in [0.4, 0.5) is 4.39 Å². The van der Waals surface area contributed by atoms with Gasteiger partial charge in [-0.05, 0) is 24.3 Å². The SMILES string of the molecule is COC1CC2=C(C=C1S)C(=O)Cc1cc(F)ccc1O2. The average Bonchev–Trinajstić information content (AvgIpc) is 2.54. The molecular formula is C15H13FO3S. The number of methoxy groups -OCH3 is 1. The van der Waals surface area contributed by atoms with Gasteiger partial charge in [0.1, 0.15) is 17.3 Å². The molecule has 1 atom stereocenters. The Bertz CT molecular complexity index is 649. The van der Waals surface area contributed by atoms with Crippen molar-refractivity contribution < 1.29 is 18.7 Å². The van der Waals surface area contributed by atoms with Crippen molar-refractivity contribution >= 4 is 18.4 Å². The molecule has 3 nitrogen and oxygen atoms in total. The van der Waals surface area contributed by atoms with Crippen LogP contribution in [0.5, 0.6) is 5.75 Å². The Hall–Kier alpha value is -1.59. The molecule has 5 heteroatoms. The van der Waals surface area contributed by atoms with Crippen LogP contribution in [0, 0.1) is 5.82 Å². The Balaban J connectivity index is 2.04. The zero-order valence-corrected chi connectivity index (χ0v) is 11.7. The normalized spacial score (nSPS) is 21.6. The number of fused-ring (bicyclic) bond motifs is 1. The average molecular weight is 292 g/mol. The molecule has 0 bridgehead atoms. The molecule has 0 saturated heterocycles. The molecule has 1 aliphatic heterocycles. The molecule has 0 radical (unpaired) electrons. The molecule has 0 fully saturated rings. The minimum absolute atomic E-state index is 0.0922. The smallest absolute Gasteiger partial charge is 0.170 e. The minimum atomic E-state index is -0.375. The van der Waals surface area contributed by atoms with Crippen LogP contribution in [-0.4, -0.2) is 19.0 Å². The van der Waals surface area contributed by atoms with Crippen LogP contribution in [0.3, 0.4) is 0 Å². The quantitative estimate of drug-likeness (QED) is 0.809. The second-order valence-electron chi connectivity index (χ2n) is 4.79. The van der Waals surface area contributed by atoms with E-state index in [4.69, 9.17) is 9.47 Å². The summed E-state index contributed by atoms with van der Waals surface area (Å²) in [6.07, 6.45) is 2.04. The van der Waals surface area contributed by atoms with E-state index in [1.165, 1.54) is 12.1 Å². The topological polar surface area (TPSA) is 35.5 Å². The summed E-state index contributed by atoms with van der Waals surface area (Å²) >= 11 is 4.34. The molecule has 1 heterocycles. The van der Waals surface area contributed by atoms with E-state index in [0.717, 1.165) is 0 Å². The lowest BCUT2D eigenvalue weighted by atomic mass is 9.96. The van der Waals surface area contributed by atoms with Crippen LogP contribution in [0.1, 0.15) is 12.0 Å². The molecule has 0 N–H and O–H groups in total. The Morgan fingerprint density at radius 1 is 1.45 bits per heavy atom. The van der Waals surface area contributed by atoms with Crippen molar-refractivity contribution in [1.29, 1.82) is 0 Å². The van der Waals surface area contributed by atoms with E-state index in [0.29, 0.717) is 34.0 Å². The van der Waals surface area contributed by atoms with Gasteiger partial charge in [-0.2, -0.15) is 0 Å². The van der Waals surface area contributed by atoms with Crippen LogP contribution < -0.4 is 4.74 Å². The third-order valence-electron chi connectivity index (χ3n) is 3.48. The molecule has 1 aromatic rings. The highest BCUT2D eigenvalue weighted by Gasteiger charge is 2.29. The molecule has 0 spiro atoms. The van der Waals surface area contributed by atoms with Gasteiger partial charge in [-0.1, -0.05) is 0 Å². The van der Waals surface area contributed by atoms with Gasteiger partial charge in [0.15, 0.2) is 5.78 Å². The van der Waals surface area contributed by atoms with E-state index >= 15 is 0 Å². The van der Waals surface area contributed by atoms with Crippen LogP contribution in [-0.2, 0) is 16.0 Å². The maximum Gasteiger partial charge on any atom is 0.170 e. The van der Waals surface area contributed by atoms with Crippen molar-refractivity contribution in [2.45, 2.75) is 18.9 Å². The van der Waals surface area contributed by atoms with E-state index in [2.05, 4.69) is 12.6 Å². The van der Waals surface area contributed by atoms with E-state index < -0.39 is 0 Å². The zero-order chi connectivity index (χ0) is 14.3. The molecule has 104 valence electrons. The Morgan fingerprint density at radius 3 is 3.00 bits per heavy atom. The molecule has 0 aromatic heterocycles. The lowest BCUT2D eigenvalue weighted by Crippen LogP contribution is -2.21. The summed E-state index contributed by atoms with van der Waals surface area (Å²) in [5.41, 5.74) is 1.06. The third-order valence-corrected chi connectivity index (χ3v) is 3.90. The number of carbonyl (C=O) groups excluding carboxylic acids is 1. The lowest BCUT2D eigenvalue weighted by Gasteiger charge is -2.23.